The van der Waals surface area contributed by atoms with Crippen molar-refractivity contribution in [1.29, 1.82) is 0 Å². The third kappa shape index (κ3) is 7.52. The highest BCUT2D eigenvalue weighted by molar-refractivity contribution is 5.93. The van der Waals surface area contributed by atoms with E-state index >= 15 is 0 Å². The van der Waals surface area contributed by atoms with Gasteiger partial charge < -0.3 is 19.7 Å². The van der Waals surface area contributed by atoms with Crippen LogP contribution in [0.4, 0.5) is 19.4 Å². The van der Waals surface area contributed by atoms with E-state index in [0.29, 0.717) is 48.7 Å². The van der Waals surface area contributed by atoms with Crippen LogP contribution in [0.3, 0.4) is 0 Å². The van der Waals surface area contributed by atoms with Crippen LogP contribution in [0.1, 0.15) is 63.4 Å². The van der Waals surface area contributed by atoms with Crippen molar-refractivity contribution in [2.45, 2.75) is 77.7 Å². The van der Waals surface area contributed by atoms with Gasteiger partial charge in [-0.15, -0.1) is 15.3 Å². The predicted molar refractivity (Wildman–Crippen MR) is 157 cm³/mol. The third-order valence-electron chi connectivity index (χ3n) is 7.59. The van der Waals surface area contributed by atoms with Gasteiger partial charge >= 0.3 is 6.09 Å². The van der Waals surface area contributed by atoms with E-state index in [0.717, 1.165) is 0 Å². The molecule has 0 unspecified atom stereocenters. The highest BCUT2D eigenvalue weighted by Gasteiger charge is 2.40. The van der Waals surface area contributed by atoms with Crippen LogP contribution in [0.5, 0.6) is 5.88 Å². The Balaban J connectivity index is 1.26. The molecular weight excluding hydrogens is 590 g/mol. The summed E-state index contributed by atoms with van der Waals surface area (Å²) in [7, 11) is 0. The minimum absolute atomic E-state index is 0.0139. The fourth-order valence-electron chi connectivity index (χ4n) is 5.20. The Morgan fingerprint density at radius 3 is 2.44 bits per heavy atom. The van der Waals surface area contributed by atoms with Crippen molar-refractivity contribution in [2.75, 3.05) is 24.5 Å². The summed E-state index contributed by atoms with van der Waals surface area (Å²) >= 11 is 0. The number of ether oxygens (including phenoxy) is 2. The van der Waals surface area contributed by atoms with Crippen molar-refractivity contribution >= 4 is 23.6 Å². The fraction of sp³-hybridized carbons (Fsp3) is 0.500. The van der Waals surface area contributed by atoms with Crippen molar-refractivity contribution in [3.05, 3.63) is 53.3 Å². The molecule has 240 valence electrons. The van der Waals surface area contributed by atoms with E-state index in [4.69, 9.17) is 9.47 Å². The number of Topliss-reactive ketones (excluding diaryl/α,β-unsaturated/α-hetero) is 1. The van der Waals surface area contributed by atoms with Gasteiger partial charge in [0.15, 0.2) is 11.6 Å². The second-order valence-electron chi connectivity index (χ2n) is 12.0. The second kappa shape index (κ2) is 13.1. The number of amides is 2. The topological polar surface area (TPSA) is 145 Å². The van der Waals surface area contributed by atoms with Crippen LogP contribution in [0.2, 0.25) is 0 Å². The largest absolute Gasteiger partial charge is 0.470 e. The molecule has 1 aliphatic carbocycles. The summed E-state index contributed by atoms with van der Waals surface area (Å²) in [6.07, 6.45) is -1.47. The van der Waals surface area contributed by atoms with E-state index in [1.807, 2.05) is 4.90 Å². The molecule has 0 spiro atoms. The number of nitrogens with one attached hydrogen (secondary N) is 1. The molecule has 2 aliphatic rings. The first-order valence-electron chi connectivity index (χ1n) is 14.7. The molecule has 2 amide bonds. The number of hydrogen-bond donors (Lipinski definition) is 1. The molecule has 45 heavy (non-hydrogen) atoms. The lowest BCUT2D eigenvalue weighted by Crippen LogP contribution is -2.62. The second-order valence-corrected chi connectivity index (χ2v) is 12.0. The number of aryl methyl sites for hydroxylation is 1. The van der Waals surface area contributed by atoms with Crippen LogP contribution in [0.25, 0.3) is 5.69 Å². The molecule has 1 N–H and O–H groups in total. The van der Waals surface area contributed by atoms with Gasteiger partial charge in [0.05, 0.1) is 17.4 Å². The average Bonchev–Trinajstić information content (AvgIpc) is 3.59. The summed E-state index contributed by atoms with van der Waals surface area (Å²) in [5.74, 6) is 0.256. The molecule has 13 nitrogen and oxygen atoms in total. The Kier molecular flexibility index (Phi) is 9.25. The van der Waals surface area contributed by atoms with Crippen molar-refractivity contribution < 1.29 is 32.6 Å². The molecule has 1 aromatic carbocycles. The highest BCUT2D eigenvalue weighted by atomic mass is 19.3. The van der Waals surface area contributed by atoms with E-state index in [2.05, 4.69) is 25.8 Å². The molecule has 2 atom stereocenters. The molecule has 1 saturated heterocycles. The monoisotopic (exact) mass is 626 g/mol. The number of nitrogens with zero attached hydrogens (tertiary/aromatic N) is 7. The van der Waals surface area contributed by atoms with Crippen LogP contribution in [0.15, 0.2) is 36.4 Å². The Labute approximate surface area is 258 Å². The summed E-state index contributed by atoms with van der Waals surface area (Å²) in [4.78, 5) is 41.8. The molecule has 0 radical (unpaired) electrons. The SMILES string of the molecule is Cc1nnn(-c2ccc(C(F)F)cc2)c1COc1ccc(N2CCN(C(=O)OC(C)(C)C)[C@H](C(=O)N[C@H]3CCCC3=O)C2)nn1. The number of rotatable bonds is 8. The van der Waals surface area contributed by atoms with E-state index in [1.165, 1.54) is 33.8 Å². The van der Waals surface area contributed by atoms with Crippen molar-refractivity contribution in [2.24, 2.45) is 0 Å². The zero-order valence-corrected chi connectivity index (χ0v) is 25.6. The summed E-state index contributed by atoms with van der Waals surface area (Å²) in [5, 5.41) is 19.5. The van der Waals surface area contributed by atoms with Crippen LogP contribution in [-0.4, -0.2) is 85.2 Å². The maximum atomic E-state index is 13.4. The van der Waals surface area contributed by atoms with Crippen molar-refractivity contribution in [1.82, 2.24) is 35.4 Å². The number of anilines is 1. The van der Waals surface area contributed by atoms with Gasteiger partial charge in [0.1, 0.15) is 23.9 Å². The van der Waals surface area contributed by atoms with Crippen LogP contribution in [0, 0.1) is 6.92 Å². The third-order valence-corrected chi connectivity index (χ3v) is 7.59. The Morgan fingerprint density at radius 2 is 1.82 bits per heavy atom. The lowest BCUT2D eigenvalue weighted by molar-refractivity contribution is -0.130. The van der Waals surface area contributed by atoms with Gasteiger partial charge in [-0.1, -0.05) is 17.3 Å². The van der Waals surface area contributed by atoms with E-state index < -0.39 is 36.1 Å². The Morgan fingerprint density at radius 1 is 1.07 bits per heavy atom. The first-order valence-corrected chi connectivity index (χ1v) is 14.7. The van der Waals surface area contributed by atoms with Crippen molar-refractivity contribution in [3.8, 4) is 11.6 Å². The molecule has 3 aromatic rings. The summed E-state index contributed by atoms with van der Waals surface area (Å²) < 4.78 is 38.9. The molecule has 15 heteroatoms. The van der Waals surface area contributed by atoms with Crippen LogP contribution >= 0.6 is 0 Å². The maximum Gasteiger partial charge on any atom is 0.411 e. The van der Waals surface area contributed by atoms with Crippen LogP contribution in [-0.2, 0) is 20.9 Å². The van der Waals surface area contributed by atoms with Gasteiger partial charge in [0, 0.05) is 37.7 Å². The van der Waals surface area contributed by atoms with E-state index in [-0.39, 0.29) is 36.9 Å². The van der Waals surface area contributed by atoms with Gasteiger partial charge in [-0.05, 0) is 58.7 Å². The number of benzene rings is 1. The van der Waals surface area contributed by atoms with Gasteiger partial charge in [-0.2, -0.15) is 0 Å². The number of carbonyl (C=O) groups excluding carboxylic acids is 3. The molecule has 3 heterocycles. The Bertz CT molecular complexity index is 1520. The molecule has 2 fully saturated rings. The molecule has 5 rings (SSSR count). The van der Waals surface area contributed by atoms with E-state index in [1.54, 1.807) is 39.8 Å². The zero-order valence-electron chi connectivity index (χ0n) is 25.6. The molecular formula is C30H36F2N8O5. The lowest BCUT2D eigenvalue weighted by Gasteiger charge is -2.41. The number of alkyl halides is 2. The predicted octanol–water partition coefficient (Wildman–Crippen LogP) is 3.55. The smallest absolute Gasteiger partial charge is 0.411 e. The van der Waals surface area contributed by atoms with Gasteiger partial charge in [0.25, 0.3) is 6.43 Å². The minimum atomic E-state index is -2.57. The molecule has 1 saturated carbocycles. The minimum Gasteiger partial charge on any atom is -0.470 e. The quantitative estimate of drug-likeness (QED) is 0.394. The number of ketones is 1. The molecule has 0 bridgehead atoms. The number of aromatic nitrogens is 5. The van der Waals surface area contributed by atoms with Crippen molar-refractivity contribution in [3.63, 3.8) is 0 Å². The maximum absolute atomic E-state index is 13.4. The summed E-state index contributed by atoms with van der Waals surface area (Å²) in [6.45, 7) is 7.75. The molecule has 1 aliphatic heterocycles. The molecule has 2 aromatic heterocycles. The summed E-state index contributed by atoms with van der Waals surface area (Å²) in [6, 6.07) is 7.61. The number of piperazine rings is 1. The lowest BCUT2D eigenvalue weighted by atomic mass is 10.1. The number of hydrogen-bond acceptors (Lipinski definition) is 10. The van der Waals surface area contributed by atoms with Gasteiger partial charge in [0.2, 0.25) is 11.8 Å². The standard InChI is InChI=1S/C30H36F2N8O5/c1-18-23(40(37-34-18)20-10-8-19(9-11-20)27(31)32)17-44-26-13-12-25(35-36-26)38-14-15-39(29(43)45-30(2,3)4)22(16-38)28(42)33-21-6-5-7-24(21)41/h8-13,21-22,27H,5-7,14-17H2,1-4H3,(H,33,42)/t21-,22-/m0/s1. The Hall–Kier alpha value is -4.69. The average molecular weight is 627 g/mol. The highest BCUT2D eigenvalue weighted by Crippen LogP contribution is 2.24. The van der Waals surface area contributed by atoms with Gasteiger partial charge in [-0.25, -0.2) is 18.3 Å². The fourth-order valence-corrected chi connectivity index (χ4v) is 5.20. The van der Waals surface area contributed by atoms with Crippen LogP contribution < -0.4 is 15.0 Å². The first-order chi connectivity index (χ1) is 21.4. The number of halogens is 2. The summed E-state index contributed by atoms with van der Waals surface area (Å²) in [5.41, 5.74) is 0.929. The normalized spacial score (nSPS) is 18.8. The van der Waals surface area contributed by atoms with E-state index in [9.17, 15) is 23.2 Å². The van der Waals surface area contributed by atoms with Gasteiger partial charge in [-0.3, -0.25) is 14.5 Å². The first kappa shape index (κ1) is 31.7. The zero-order chi connectivity index (χ0) is 32.3. The number of carbonyl (C=O) groups is 3.